The Kier molecular flexibility index (Phi) is 4.27. The SMILES string of the molecule is Cc1cc(CNC(=O)c2cccc(N)c2Br)sc1C. The van der Waals surface area contributed by atoms with Crippen molar-refractivity contribution in [2.24, 2.45) is 0 Å². The lowest BCUT2D eigenvalue weighted by atomic mass is 10.2. The third-order valence-electron chi connectivity index (χ3n) is 2.91. The minimum atomic E-state index is -0.122. The zero-order valence-corrected chi connectivity index (χ0v) is 13.2. The maximum atomic E-state index is 12.1. The van der Waals surface area contributed by atoms with Gasteiger partial charge in [-0.1, -0.05) is 6.07 Å². The normalized spacial score (nSPS) is 10.5. The number of nitrogens with one attached hydrogen (secondary N) is 1. The van der Waals surface area contributed by atoms with E-state index in [0.717, 1.165) is 4.88 Å². The maximum Gasteiger partial charge on any atom is 0.252 e. The number of aryl methyl sites for hydroxylation is 2. The summed E-state index contributed by atoms with van der Waals surface area (Å²) in [4.78, 5) is 14.5. The third kappa shape index (κ3) is 3.16. The molecule has 1 heterocycles. The van der Waals surface area contributed by atoms with Gasteiger partial charge >= 0.3 is 0 Å². The van der Waals surface area contributed by atoms with Crippen molar-refractivity contribution in [3.8, 4) is 0 Å². The second kappa shape index (κ2) is 5.75. The summed E-state index contributed by atoms with van der Waals surface area (Å²) in [5, 5.41) is 2.91. The molecule has 0 spiro atoms. The molecule has 5 heteroatoms. The Morgan fingerprint density at radius 3 is 2.79 bits per heavy atom. The van der Waals surface area contributed by atoms with Crippen LogP contribution in [0.5, 0.6) is 0 Å². The molecule has 0 unspecified atom stereocenters. The fourth-order valence-corrected chi connectivity index (χ4v) is 3.16. The van der Waals surface area contributed by atoms with Crippen LogP contribution in [0.1, 0.15) is 25.7 Å². The highest BCUT2D eigenvalue weighted by molar-refractivity contribution is 9.10. The molecule has 0 radical (unpaired) electrons. The summed E-state index contributed by atoms with van der Waals surface area (Å²) >= 11 is 5.05. The summed E-state index contributed by atoms with van der Waals surface area (Å²) in [6.07, 6.45) is 0. The Morgan fingerprint density at radius 1 is 1.42 bits per heavy atom. The molecule has 0 saturated heterocycles. The number of benzene rings is 1. The van der Waals surface area contributed by atoms with Crippen LogP contribution in [0, 0.1) is 13.8 Å². The number of anilines is 1. The number of hydrogen-bond donors (Lipinski definition) is 2. The molecule has 0 atom stereocenters. The van der Waals surface area contributed by atoms with Crippen LogP contribution in [0.25, 0.3) is 0 Å². The standard InChI is InChI=1S/C14H15BrN2OS/c1-8-6-10(19-9(8)2)7-17-14(18)11-4-3-5-12(16)13(11)15/h3-6H,7,16H2,1-2H3,(H,17,18). The number of nitrogens with two attached hydrogens (primary N) is 1. The quantitative estimate of drug-likeness (QED) is 0.839. The van der Waals surface area contributed by atoms with Crippen LogP contribution < -0.4 is 11.1 Å². The molecular weight excluding hydrogens is 324 g/mol. The van der Waals surface area contributed by atoms with E-state index in [1.165, 1.54) is 10.4 Å². The van der Waals surface area contributed by atoms with Gasteiger partial charge in [0.05, 0.1) is 16.6 Å². The van der Waals surface area contributed by atoms with Gasteiger partial charge in [-0.3, -0.25) is 4.79 Å². The topological polar surface area (TPSA) is 55.1 Å². The highest BCUT2D eigenvalue weighted by Crippen LogP contribution is 2.24. The number of carbonyl (C=O) groups excluding carboxylic acids is 1. The van der Waals surface area contributed by atoms with E-state index in [9.17, 15) is 4.79 Å². The van der Waals surface area contributed by atoms with Crippen LogP contribution in [0.4, 0.5) is 5.69 Å². The molecule has 0 bridgehead atoms. The molecule has 0 fully saturated rings. The first-order valence-electron chi connectivity index (χ1n) is 5.87. The average Bonchev–Trinajstić information content (AvgIpc) is 2.69. The minimum absolute atomic E-state index is 0.122. The number of thiophene rings is 1. The van der Waals surface area contributed by atoms with E-state index < -0.39 is 0 Å². The summed E-state index contributed by atoms with van der Waals surface area (Å²) in [5.74, 6) is -0.122. The number of nitrogen functional groups attached to an aromatic ring is 1. The van der Waals surface area contributed by atoms with E-state index in [1.54, 1.807) is 29.5 Å². The van der Waals surface area contributed by atoms with E-state index in [2.05, 4.69) is 41.2 Å². The van der Waals surface area contributed by atoms with Gasteiger partial charge in [-0.25, -0.2) is 0 Å². The van der Waals surface area contributed by atoms with Crippen molar-refractivity contribution in [3.05, 3.63) is 49.6 Å². The van der Waals surface area contributed by atoms with Gasteiger partial charge in [0, 0.05) is 15.4 Å². The van der Waals surface area contributed by atoms with Gasteiger partial charge in [-0.2, -0.15) is 0 Å². The van der Waals surface area contributed by atoms with Crippen molar-refractivity contribution >= 4 is 38.9 Å². The molecule has 2 rings (SSSR count). The second-order valence-corrected chi connectivity index (χ2v) is 6.48. The molecule has 19 heavy (non-hydrogen) atoms. The molecule has 0 aliphatic rings. The lowest BCUT2D eigenvalue weighted by Crippen LogP contribution is -2.22. The van der Waals surface area contributed by atoms with Crippen molar-refractivity contribution < 1.29 is 4.79 Å². The molecule has 0 aliphatic carbocycles. The van der Waals surface area contributed by atoms with Gasteiger partial charge in [0.1, 0.15) is 0 Å². The predicted molar refractivity (Wildman–Crippen MR) is 83.5 cm³/mol. The fourth-order valence-electron chi connectivity index (χ4n) is 1.72. The van der Waals surface area contributed by atoms with Crippen LogP contribution in [0.15, 0.2) is 28.7 Å². The number of carbonyl (C=O) groups is 1. The van der Waals surface area contributed by atoms with Crippen molar-refractivity contribution in [2.45, 2.75) is 20.4 Å². The predicted octanol–water partition coefficient (Wildman–Crippen LogP) is 3.64. The number of amides is 1. The van der Waals surface area contributed by atoms with Crippen LogP contribution in [-0.4, -0.2) is 5.91 Å². The highest BCUT2D eigenvalue weighted by atomic mass is 79.9. The Bertz CT molecular complexity index is 602. The van der Waals surface area contributed by atoms with Crippen LogP contribution in [-0.2, 0) is 6.54 Å². The molecule has 3 N–H and O–H groups in total. The molecule has 0 aliphatic heterocycles. The Balaban J connectivity index is 2.07. The molecule has 100 valence electrons. The van der Waals surface area contributed by atoms with Crippen LogP contribution in [0.3, 0.4) is 0 Å². The maximum absolute atomic E-state index is 12.1. The van der Waals surface area contributed by atoms with Crippen molar-refractivity contribution in [1.29, 1.82) is 0 Å². The summed E-state index contributed by atoms with van der Waals surface area (Å²) in [7, 11) is 0. The van der Waals surface area contributed by atoms with E-state index >= 15 is 0 Å². The van der Waals surface area contributed by atoms with E-state index in [1.807, 2.05) is 0 Å². The summed E-state index contributed by atoms with van der Waals surface area (Å²) in [6, 6.07) is 7.39. The zero-order chi connectivity index (χ0) is 14.0. The van der Waals surface area contributed by atoms with Crippen molar-refractivity contribution in [1.82, 2.24) is 5.32 Å². The molecule has 2 aromatic rings. The summed E-state index contributed by atoms with van der Waals surface area (Å²) in [6.45, 7) is 4.70. The first kappa shape index (κ1) is 14.1. The smallest absolute Gasteiger partial charge is 0.252 e. The molecule has 3 nitrogen and oxygen atoms in total. The number of rotatable bonds is 3. The number of hydrogen-bond acceptors (Lipinski definition) is 3. The molecular formula is C14H15BrN2OS. The molecule has 1 amide bonds. The first-order chi connectivity index (χ1) is 8.99. The largest absolute Gasteiger partial charge is 0.398 e. The molecule has 1 aromatic heterocycles. The Morgan fingerprint density at radius 2 is 2.16 bits per heavy atom. The monoisotopic (exact) mass is 338 g/mol. The molecule has 0 saturated carbocycles. The Hall–Kier alpha value is -1.33. The number of halogens is 1. The zero-order valence-electron chi connectivity index (χ0n) is 10.8. The van der Waals surface area contributed by atoms with Gasteiger partial charge in [-0.05, 0) is 53.5 Å². The van der Waals surface area contributed by atoms with Gasteiger partial charge in [0.25, 0.3) is 5.91 Å². The second-order valence-electron chi connectivity index (χ2n) is 4.34. The van der Waals surface area contributed by atoms with Gasteiger partial charge in [0.15, 0.2) is 0 Å². The molecule has 1 aromatic carbocycles. The lowest BCUT2D eigenvalue weighted by Gasteiger charge is -2.07. The highest BCUT2D eigenvalue weighted by Gasteiger charge is 2.12. The van der Waals surface area contributed by atoms with Crippen LogP contribution >= 0.6 is 27.3 Å². The Labute approximate surface area is 125 Å². The van der Waals surface area contributed by atoms with E-state index in [4.69, 9.17) is 5.73 Å². The van der Waals surface area contributed by atoms with Gasteiger partial charge in [0.2, 0.25) is 0 Å². The van der Waals surface area contributed by atoms with Crippen molar-refractivity contribution in [2.75, 3.05) is 5.73 Å². The summed E-state index contributed by atoms with van der Waals surface area (Å²) < 4.78 is 0.644. The first-order valence-corrected chi connectivity index (χ1v) is 7.48. The lowest BCUT2D eigenvalue weighted by molar-refractivity contribution is 0.0950. The summed E-state index contributed by atoms with van der Waals surface area (Å²) in [5.41, 5.74) is 8.15. The average molecular weight is 339 g/mol. The third-order valence-corrected chi connectivity index (χ3v) is 4.95. The fraction of sp³-hybridized carbons (Fsp3) is 0.214. The van der Waals surface area contributed by atoms with Gasteiger partial charge < -0.3 is 11.1 Å². The minimum Gasteiger partial charge on any atom is -0.398 e. The van der Waals surface area contributed by atoms with Crippen molar-refractivity contribution in [3.63, 3.8) is 0 Å². The van der Waals surface area contributed by atoms with Crippen LogP contribution in [0.2, 0.25) is 0 Å². The van der Waals surface area contributed by atoms with Gasteiger partial charge in [-0.15, -0.1) is 11.3 Å². The van der Waals surface area contributed by atoms with E-state index in [-0.39, 0.29) is 5.91 Å². The van der Waals surface area contributed by atoms with E-state index in [0.29, 0.717) is 22.3 Å².